The van der Waals surface area contributed by atoms with E-state index in [1.54, 1.807) is 7.11 Å². The summed E-state index contributed by atoms with van der Waals surface area (Å²) in [4.78, 5) is 11.8. The van der Waals surface area contributed by atoms with E-state index in [0.29, 0.717) is 12.2 Å². The lowest BCUT2D eigenvalue weighted by Gasteiger charge is -2.06. The Kier molecular flexibility index (Phi) is 10.4. The molecule has 0 bridgehead atoms. The zero-order valence-electron chi connectivity index (χ0n) is 13.1. The van der Waals surface area contributed by atoms with Crippen LogP contribution in [0.15, 0.2) is 35.9 Å². The molecule has 3 nitrogen and oxygen atoms in total. The molecule has 0 heterocycles. The second-order valence-corrected chi connectivity index (χ2v) is 4.81. The van der Waals surface area contributed by atoms with E-state index in [2.05, 4.69) is 6.92 Å². The summed E-state index contributed by atoms with van der Waals surface area (Å²) in [5.74, 6) is 0.560. The first-order valence-corrected chi connectivity index (χ1v) is 7.14. The fourth-order valence-electron chi connectivity index (χ4n) is 1.78. The van der Waals surface area contributed by atoms with E-state index >= 15 is 0 Å². The number of allylic oxidation sites excluding steroid dienone is 1. The predicted molar refractivity (Wildman–Crippen MR) is 87.9 cm³/mol. The van der Waals surface area contributed by atoms with Crippen molar-refractivity contribution in [1.82, 2.24) is 0 Å². The zero-order valence-corrected chi connectivity index (χ0v) is 13.9. The van der Waals surface area contributed by atoms with Crippen LogP contribution >= 0.6 is 12.4 Å². The molecule has 0 aliphatic rings. The highest BCUT2D eigenvalue weighted by atomic mass is 35.5. The Morgan fingerprint density at radius 3 is 2.43 bits per heavy atom. The van der Waals surface area contributed by atoms with Gasteiger partial charge in [0.2, 0.25) is 0 Å². The van der Waals surface area contributed by atoms with Crippen LogP contribution in [0.5, 0.6) is 5.75 Å². The molecule has 1 aromatic carbocycles. The van der Waals surface area contributed by atoms with E-state index in [4.69, 9.17) is 9.47 Å². The van der Waals surface area contributed by atoms with Gasteiger partial charge in [0.15, 0.2) is 0 Å². The summed E-state index contributed by atoms with van der Waals surface area (Å²) in [5, 5.41) is 0. The van der Waals surface area contributed by atoms with Crippen molar-refractivity contribution in [1.29, 1.82) is 0 Å². The van der Waals surface area contributed by atoms with Gasteiger partial charge in [0.05, 0.1) is 7.11 Å². The maximum Gasteiger partial charge on any atom is 0.333 e. The van der Waals surface area contributed by atoms with Crippen LogP contribution in [0.4, 0.5) is 0 Å². The molecule has 0 aliphatic heterocycles. The fourth-order valence-corrected chi connectivity index (χ4v) is 1.78. The van der Waals surface area contributed by atoms with Crippen LogP contribution in [0.25, 0.3) is 0 Å². The molecule has 0 spiro atoms. The van der Waals surface area contributed by atoms with Crippen LogP contribution in [-0.4, -0.2) is 13.1 Å². The summed E-state index contributed by atoms with van der Waals surface area (Å²) < 4.78 is 10.4. The van der Waals surface area contributed by atoms with Gasteiger partial charge in [-0.05, 0) is 37.5 Å². The Morgan fingerprint density at radius 2 is 1.86 bits per heavy atom. The molecule has 0 atom stereocenters. The highest BCUT2D eigenvalue weighted by Crippen LogP contribution is 2.13. The first-order valence-electron chi connectivity index (χ1n) is 7.14. The standard InChI is InChI=1S/C17H24O3.ClH/c1-4-5-6-7-8-14(2)17(18)20-13-15-9-11-16(19-3)12-10-15;/h8-12H,4-7,13H2,1-3H3;1H. The highest BCUT2D eigenvalue weighted by molar-refractivity contribution is 5.87. The van der Waals surface area contributed by atoms with Gasteiger partial charge in [-0.2, -0.15) is 0 Å². The number of ether oxygens (including phenoxy) is 2. The summed E-state index contributed by atoms with van der Waals surface area (Å²) in [7, 11) is 1.63. The summed E-state index contributed by atoms with van der Waals surface area (Å²) in [6.07, 6.45) is 6.42. The molecule has 21 heavy (non-hydrogen) atoms. The van der Waals surface area contributed by atoms with E-state index in [-0.39, 0.29) is 18.4 Å². The van der Waals surface area contributed by atoms with E-state index < -0.39 is 0 Å². The van der Waals surface area contributed by atoms with Crippen molar-refractivity contribution < 1.29 is 14.3 Å². The molecule has 0 saturated carbocycles. The van der Waals surface area contributed by atoms with Crippen LogP contribution in [0.1, 0.15) is 45.1 Å². The highest BCUT2D eigenvalue weighted by Gasteiger charge is 2.05. The topological polar surface area (TPSA) is 35.5 Å². The molecule has 1 aromatic rings. The number of rotatable bonds is 8. The van der Waals surface area contributed by atoms with Crippen molar-refractivity contribution in [3.05, 3.63) is 41.5 Å². The van der Waals surface area contributed by atoms with Gasteiger partial charge < -0.3 is 9.47 Å². The van der Waals surface area contributed by atoms with Crippen molar-refractivity contribution in [2.24, 2.45) is 0 Å². The van der Waals surface area contributed by atoms with Crippen molar-refractivity contribution in [2.75, 3.05) is 7.11 Å². The van der Waals surface area contributed by atoms with Gasteiger partial charge in [-0.3, -0.25) is 0 Å². The fraction of sp³-hybridized carbons (Fsp3) is 0.471. The predicted octanol–water partition coefficient (Wildman–Crippen LogP) is 4.69. The van der Waals surface area contributed by atoms with Crippen molar-refractivity contribution in [2.45, 2.75) is 46.1 Å². The second kappa shape index (κ2) is 11.2. The van der Waals surface area contributed by atoms with Crippen LogP contribution < -0.4 is 4.74 Å². The summed E-state index contributed by atoms with van der Waals surface area (Å²) in [6, 6.07) is 7.51. The van der Waals surface area contributed by atoms with Gasteiger partial charge in [-0.15, -0.1) is 12.4 Å². The number of hydrogen-bond acceptors (Lipinski definition) is 3. The largest absolute Gasteiger partial charge is 0.497 e. The SMILES string of the molecule is CCCCCC=C(C)C(=O)OCc1ccc(OC)cc1.Cl. The monoisotopic (exact) mass is 312 g/mol. The smallest absolute Gasteiger partial charge is 0.333 e. The Hall–Kier alpha value is -1.48. The Bertz CT molecular complexity index is 438. The molecule has 0 unspecified atom stereocenters. The minimum absolute atomic E-state index is 0. The number of benzene rings is 1. The maximum absolute atomic E-state index is 11.8. The van der Waals surface area contributed by atoms with E-state index in [9.17, 15) is 4.79 Å². The number of methoxy groups -OCH3 is 1. The molecule has 118 valence electrons. The van der Waals surface area contributed by atoms with Crippen molar-refractivity contribution >= 4 is 18.4 Å². The van der Waals surface area contributed by atoms with E-state index in [1.807, 2.05) is 37.3 Å². The van der Waals surface area contributed by atoms with Crippen molar-refractivity contribution in [3.63, 3.8) is 0 Å². The molecular formula is C17H25ClO3. The van der Waals surface area contributed by atoms with Gasteiger partial charge >= 0.3 is 5.97 Å². The van der Waals surface area contributed by atoms with Crippen LogP contribution in [0.2, 0.25) is 0 Å². The van der Waals surface area contributed by atoms with Gasteiger partial charge in [-0.1, -0.05) is 38.0 Å². The number of hydrogen-bond donors (Lipinski definition) is 0. The minimum atomic E-state index is -0.239. The third kappa shape index (κ3) is 7.76. The van der Waals surface area contributed by atoms with Crippen LogP contribution in [0.3, 0.4) is 0 Å². The van der Waals surface area contributed by atoms with Gasteiger partial charge in [-0.25, -0.2) is 4.79 Å². The second-order valence-electron chi connectivity index (χ2n) is 4.81. The zero-order chi connectivity index (χ0) is 14.8. The van der Waals surface area contributed by atoms with Crippen LogP contribution in [-0.2, 0) is 16.1 Å². The average molecular weight is 313 g/mol. The van der Waals surface area contributed by atoms with Gasteiger partial charge in [0, 0.05) is 5.57 Å². The molecule has 0 aliphatic carbocycles. The summed E-state index contributed by atoms with van der Waals surface area (Å²) in [5.41, 5.74) is 1.65. The number of halogens is 1. The molecule has 0 aromatic heterocycles. The molecule has 0 amide bonds. The van der Waals surface area contributed by atoms with Crippen molar-refractivity contribution in [3.8, 4) is 5.75 Å². The molecule has 1 rings (SSSR count). The molecule has 4 heteroatoms. The number of unbranched alkanes of at least 4 members (excludes halogenated alkanes) is 3. The van der Waals surface area contributed by atoms with E-state index in [0.717, 1.165) is 24.2 Å². The van der Waals surface area contributed by atoms with E-state index in [1.165, 1.54) is 12.8 Å². The number of esters is 1. The first-order chi connectivity index (χ1) is 9.67. The third-order valence-electron chi connectivity index (χ3n) is 3.11. The lowest BCUT2D eigenvalue weighted by atomic mass is 10.1. The average Bonchev–Trinajstić information content (AvgIpc) is 2.49. The quantitative estimate of drug-likeness (QED) is 0.397. The molecule has 0 saturated heterocycles. The summed E-state index contributed by atoms with van der Waals surface area (Å²) >= 11 is 0. The number of carbonyl (C=O) groups excluding carboxylic acids is 1. The molecule has 0 radical (unpaired) electrons. The maximum atomic E-state index is 11.8. The van der Waals surface area contributed by atoms with Gasteiger partial charge in [0.25, 0.3) is 0 Å². The van der Waals surface area contributed by atoms with Gasteiger partial charge in [0.1, 0.15) is 12.4 Å². The Labute approximate surface area is 133 Å². The number of carbonyl (C=O) groups is 1. The third-order valence-corrected chi connectivity index (χ3v) is 3.11. The molecular weight excluding hydrogens is 288 g/mol. The summed E-state index contributed by atoms with van der Waals surface area (Å²) in [6.45, 7) is 4.27. The molecule has 0 fully saturated rings. The lowest BCUT2D eigenvalue weighted by molar-refractivity contribution is -0.140. The molecule has 0 N–H and O–H groups in total. The normalized spacial score (nSPS) is 10.7. The minimum Gasteiger partial charge on any atom is -0.497 e. The Morgan fingerprint density at radius 1 is 1.19 bits per heavy atom. The first kappa shape index (κ1) is 19.5. The lowest BCUT2D eigenvalue weighted by Crippen LogP contribution is -2.05. The van der Waals surface area contributed by atoms with Crippen LogP contribution in [0, 0.1) is 0 Å². The Balaban J connectivity index is 0.00000400.